The summed E-state index contributed by atoms with van der Waals surface area (Å²) in [4.78, 5) is 0. The van der Waals surface area contributed by atoms with Crippen molar-refractivity contribution in [2.45, 2.75) is 35.9 Å². The van der Waals surface area contributed by atoms with Gasteiger partial charge < -0.3 is 5.32 Å². The summed E-state index contributed by atoms with van der Waals surface area (Å²) in [6.45, 7) is 2.06. The zero-order chi connectivity index (χ0) is 11.9. The molecule has 0 saturated heterocycles. The molecule has 2 nitrogen and oxygen atoms in total. The summed E-state index contributed by atoms with van der Waals surface area (Å²) in [6, 6.07) is 6.61. The third kappa shape index (κ3) is 3.82. The normalized spacial score (nSPS) is 14.3. The second-order valence-corrected chi connectivity index (χ2v) is 6.02. The molecule has 0 amide bonds. The molecule has 1 heterocycles. The molecule has 4 heteroatoms. The molecule has 0 saturated carbocycles. The van der Waals surface area contributed by atoms with Crippen molar-refractivity contribution >= 4 is 23.1 Å². The monoisotopic (exact) mass is 254 g/mol. The Bertz CT molecular complexity index is 323. The summed E-state index contributed by atoms with van der Waals surface area (Å²) >= 11 is 3.66. The van der Waals surface area contributed by atoms with E-state index in [1.165, 1.54) is 4.21 Å². The Morgan fingerprint density at radius 3 is 2.94 bits per heavy atom. The van der Waals surface area contributed by atoms with E-state index >= 15 is 0 Å². The quantitative estimate of drug-likeness (QED) is 0.597. The van der Waals surface area contributed by atoms with Crippen molar-refractivity contribution in [2.75, 3.05) is 12.8 Å². The highest BCUT2D eigenvalue weighted by atomic mass is 32.2. The van der Waals surface area contributed by atoms with Crippen LogP contribution in [0.2, 0.25) is 0 Å². The van der Waals surface area contributed by atoms with Crippen molar-refractivity contribution < 1.29 is 0 Å². The van der Waals surface area contributed by atoms with Crippen LogP contribution in [0.15, 0.2) is 21.7 Å². The molecule has 0 aliphatic carbocycles. The molecule has 16 heavy (non-hydrogen) atoms. The van der Waals surface area contributed by atoms with Crippen molar-refractivity contribution in [3.8, 4) is 6.07 Å². The van der Waals surface area contributed by atoms with Gasteiger partial charge in [-0.1, -0.05) is 13.0 Å². The molecule has 0 aliphatic heterocycles. The van der Waals surface area contributed by atoms with Crippen LogP contribution < -0.4 is 5.32 Å². The van der Waals surface area contributed by atoms with E-state index in [0.717, 1.165) is 25.0 Å². The predicted molar refractivity (Wildman–Crippen MR) is 72.0 cm³/mol. The summed E-state index contributed by atoms with van der Waals surface area (Å²) in [6.07, 6.45) is 2.86. The van der Waals surface area contributed by atoms with Gasteiger partial charge in [-0.25, -0.2) is 0 Å². The first-order chi connectivity index (χ1) is 7.76. The molecule has 0 aliphatic rings. The van der Waals surface area contributed by atoms with E-state index in [9.17, 15) is 0 Å². The maximum absolute atomic E-state index is 9.14. The van der Waals surface area contributed by atoms with E-state index in [0.29, 0.717) is 0 Å². The number of nitriles is 1. The minimum atomic E-state index is -0.323. The van der Waals surface area contributed by atoms with Crippen LogP contribution in [-0.2, 0) is 0 Å². The summed E-state index contributed by atoms with van der Waals surface area (Å²) in [5, 5.41) is 14.4. The van der Waals surface area contributed by atoms with Gasteiger partial charge in [0.15, 0.2) is 0 Å². The van der Waals surface area contributed by atoms with Crippen LogP contribution in [0.4, 0.5) is 0 Å². The molecule has 1 aromatic rings. The van der Waals surface area contributed by atoms with Gasteiger partial charge in [-0.15, -0.1) is 23.1 Å². The lowest BCUT2D eigenvalue weighted by Crippen LogP contribution is -2.40. The standard InChI is InChI=1S/C12H18N2S2/c1-3-12(10-13,14-2)7-5-9-16-11-6-4-8-15-11/h4,6,8,14H,3,5,7,9H2,1-2H3. The summed E-state index contributed by atoms with van der Waals surface area (Å²) in [5.41, 5.74) is -0.323. The molecule has 88 valence electrons. The Kier molecular flexibility index (Phi) is 5.89. The van der Waals surface area contributed by atoms with Gasteiger partial charge in [0.1, 0.15) is 5.54 Å². The summed E-state index contributed by atoms with van der Waals surface area (Å²) in [5.74, 6) is 1.09. The maximum Gasteiger partial charge on any atom is 0.106 e. The topological polar surface area (TPSA) is 35.8 Å². The highest BCUT2D eigenvalue weighted by Crippen LogP contribution is 2.26. The largest absolute Gasteiger partial charge is 0.302 e. The lowest BCUT2D eigenvalue weighted by atomic mass is 9.93. The average Bonchev–Trinajstić information content (AvgIpc) is 2.83. The van der Waals surface area contributed by atoms with Crippen LogP contribution in [-0.4, -0.2) is 18.3 Å². The second kappa shape index (κ2) is 6.95. The van der Waals surface area contributed by atoms with Crippen LogP contribution in [0.3, 0.4) is 0 Å². The van der Waals surface area contributed by atoms with Crippen molar-refractivity contribution in [1.82, 2.24) is 5.32 Å². The number of hydrogen-bond acceptors (Lipinski definition) is 4. The third-order valence-electron chi connectivity index (χ3n) is 2.78. The van der Waals surface area contributed by atoms with E-state index in [1.54, 1.807) is 11.3 Å². The summed E-state index contributed by atoms with van der Waals surface area (Å²) < 4.78 is 1.36. The number of nitrogens with one attached hydrogen (secondary N) is 1. The molecule has 0 radical (unpaired) electrons. The van der Waals surface area contributed by atoms with Gasteiger partial charge in [0.05, 0.1) is 10.3 Å². The van der Waals surface area contributed by atoms with Crippen LogP contribution in [0.1, 0.15) is 26.2 Å². The van der Waals surface area contributed by atoms with Gasteiger partial charge in [0.2, 0.25) is 0 Å². The van der Waals surface area contributed by atoms with Crippen molar-refractivity contribution in [3.05, 3.63) is 17.5 Å². The minimum Gasteiger partial charge on any atom is -0.302 e. The number of thiophene rings is 1. The van der Waals surface area contributed by atoms with E-state index in [1.807, 2.05) is 18.8 Å². The lowest BCUT2D eigenvalue weighted by molar-refractivity contribution is 0.400. The van der Waals surface area contributed by atoms with Gasteiger partial charge in [-0.05, 0) is 43.5 Å². The SMILES string of the molecule is CCC(C#N)(CCCSc1cccs1)NC. The molecule has 0 aromatic carbocycles. The first-order valence-electron chi connectivity index (χ1n) is 5.53. The zero-order valence-corrected chi connectivity index (χ0v) is 11.5. The molecule has 0 spiro atoms. The van der Waals surface area contributed by atoms with Crippen LogP contribution in [0.25, 0.3) is 0 Å². The number of thioether (sulfide) groups is 1. The molecular formula is C12H18N2S2. The second-order valence-electron chi connectivity index (χ2n) is 3.68. The molecule has 1 unspecified atom stereocenters. The Labute approximate surface area is 106 Å². The van der Waals surface area contributed by atoms with Gasteiger partial charge in [0, 0.05) is 0 Å². The first kappa shape index (κ1) is 13.6. The van der Waals surface area contributed by atoms with E-state index < -0.39 is 0 Å². The van der Waals surface area contributed by atoms with E-state index in [2.05, 4.69) is 35.8 Å². The molecule has 1 rings (SSSR count). The van der Waals surface area contributed by atoms with Gasteiger partial charge in [0.25, 0.3) is 0 Å². The highest BCUT2D eigenvalue weighted by molar-refractivity contribution is 8.01. The fourth-order valence-electron chi connectivity index (χ4n) is 1.56. The van der Waals surface area contributed by atoms with Crippen molar-refractivity contribution in [1.29, 1.82) is 5.26 Å². The van der Waals surface area contributed by atoms with Crippen LogP contribution >= 0.6 is 23.1 Å². The van der Waals surface area contributed by atoms with Crippen molar-refractivity contribution in [3.63, 3.8) is 0 Å². The highest BCUT2D eigenvalue weighted by Gasteiger charge is 2.24. The third-order valence-corrected chi connectivity index (χ3v) is 5.00. The molecule has 1 aromatic heterocycles. The molecule has 1 N–H and O–H groups in total. The van der Waals surface area contributed by atoms with Gasteiger partial charge in [-0.2, -0.15) is 5.26 Å². The van der Waals surface area contributed by atoms with Crippen LogP contribution in [0.5, 0.6) is 0 Å². The molecule has 0 fully saturated rings. The van der Waals surface area contributed by atoms with Gasteiger partial charge >= 0.3 is 0 Å². The van der Waals surface area contributed by atoms with Crippen molar-refractivity contribution in [2.24, 2.45) is 0 Å². The molecular weight excluding hydrogens is 236 g/mol. The summed E-state index contributed by atoms with van der Waals surface area (Å²) in [7, 11) is 1.87. The van der Waals surface area contributed by atoms with E-state index in [-0.39, 0.29) is 5.54 Å². The zero-order valence-electron chi connectivity index (χ0n) is 9.82. The first-order valence-corrected chi connectivity index (χ1v) is 7.39. The maximum atomic E-state index is 9.14. The van der Waals surface area contributed by atoms with E-state index in [4.69, 9.17) is 5.26 Å². The fraction of sp³-hybridized carbons (Fsp3) is 0.583. The van der Waals surface area contributed by atoms with Crippen LogP contribution in [0, 0.1) is 11.3 Å². The molecule has 0 bridgehead atoms. The Morgan fingerprint density at radius 1 is 1.62 bits per heavy atom. The predicted octanol–water partition coefficient (Wildman–Crippen LogP) is 3.51. The Hall–Kier alpha value is -0.500. The lowest BCUT2D eigenvalue weighted by Gasteiger charge is -2.24. The smallest absolute Gasteiger partial charge is 0.106 e. The Morgan fingerprint density at radius 2 is 2.44 bits per heavy atom. The number of hydrogen-bond donors (Lipinski definition) is 1. The minimum absolute atomic E-state index is 0.323. The number of rotatable bonds is 7. The van der Waals surface area contributed by atoms with Gasteiger partial charge in [-0.3, -0.25) is 0 Å². The number of nitrogens with zero attached hydrogens (tertiary/aromatic N) is 1. The molecule has 1 atom stereocenters. The Balaban J connectivity index is 2.27. The fourth-order valence-corrected chi connectivity index (χ4v) is 3.36. The average molecular weight is 254 g/mol.